The minimum Gasteiger partial charge on any atom is -0.377 e. The zero-order valence-electron chi connectivity index (χ0n) is 13.7. The molecule has 0 aliphatic carbocycles. The van der Waals surface area contributed by atoms with Gasteiger partial charge in [0.2, 0.25) is 0 Å². The van der Waals surface area contributed by atoms with Crippen molar-refractivity contribution in [2.75, 3.05) is 37.5 Å². The van der Waals surface area contributed by atoms with Crippen LogP contribution in [0.15, 0.2) is 0 Å². The van der Waals surface area contributed by atoms with Crippen molar-refractivity contribution in [3.05, 3.63) is 11.4 Å². The average molecular weight is 280 g/mol. The second-order valence-corrected chi connectivity index (χ2v) is 5.28. The summed E-state index contributed by atoms with van der Waals surface area (Å²) in [5.41, 5.74) is 1.08. The largest absolute Gasteiger partial charge is 0.377 e. The van der Waals surface area contributed by atoms with E-state index in [0.29, 0.717) is 6.61 Å². The zero-order chi connectivity index (χ0) is 15.1. The van der Waals surface area contributed by atoms with Crippen molar-refractivity contribution in [3.63, 3.8) is 0 Å². The first-order valence-electron chi connectivity index (χ1n) is 7.37. The fourth-order valence-corrected chi connectivity index (χ4v) is 2.03. The maximum atomic E-state index is 5.61. The summed E-state index contributed by atoms with van der Waals surface area (Å²) in [5.74, 6) is 2.80. The molecule has 5 heteroatoms. The fourth-order valence-electron chi connectivity index (χ4n) is 2.03. The Balaban J connectivity index is 2.88. The maximum absolute atomic E-state index is 5.61. The molecule has 0 saturated heterocycles. The molecule has 0 aliphatic heterocycles. The number of hydrogen-bond acceptors (Lipinski definition) is 5. The van der Waals surface area contributed by atoms with Crippen LogP contribution in [0.1, 0.15) is 38.6 Å². The van der Waals surface area contributed by atoms with Gasteiger partial charge in [-0.25, -0.2) is 9.97 Å². The van der Waals surface area contributed by atoms with Gasteiger partial charge in [-0.05, 0) is 27.2 Å². The molecule has 1 N–H and O–H groups in total. The van der Waals surface area contributed by atoms with E-state index >= 15 is 0 Å². The first kappa shape index (κ1) is 16.7. The Morgan fingerprint density at radius 2 is 2.00 bits per heavy atom. The van der Waals surface area contributed by atoms with E-state index in [1.165, 1.54) is 0 Å². The molecule has 0 fully saturated rings. The Morgan fingerprint density at radius 1 is 1.30 bits per heavy atom. The molecule has 1 heterocycles. The third kappa shape index (κ3) is 4.63. The summed E-state index contributed by atoms with van der Waals surface area (Å²) in [6, 6.07) is 0. The van der Waals surface area contributed by atoms with Gasteiger partial charge in [0.1, 0.15) is 17.5 Å². The predicted molar refractivity (Wildman–Crippen MR) is 84.7 cm³/mol. The van der Waals surface area contributed by atoms with Gasteiger partial charge in [0.25, 0.3) is 0 Å². The Morgan fingerprint density at radius 3 is 2.55 bits per heavy atom. The monoisotopic (exact) mass is 280 g/mol. The minimum absolute atomic E-state index is 0.262. The Labute approximate surface area is 122 Å². The Kier molecular flexibility index (Phi) is 6.71. The van der Waals surface area contributed by atoms with Crippen LogP contribution < -0.4 is 10.2 Å². The van der Waals surface area contributed by atoms with Crippen molar-refractivity contribution in [1.29, 1.82) is 0 Å². The van der Waals surface area contributed by atoms with Crippen molar-refractivity contribution >= 4 is 11.6 Å². The molecule has 5 nitrogen and oxygen atoms in total. The molecule has 0 unspecified atom stereocenters. The van der Waals surface area contributed by atoms with E-state index in [0.717, 1.165) is 42.4 Å². The topological polar surface area (TPSA) is 50.3 Å². The third-order valence-corrected chi connectivity index (χ3v) is 3.12. The highest BCUT2D eigenvalue weighted by molar-refractivity contribution is 5.58. The average Bonchev–Trinajstić information content (AvgIpc) is 2.40. The molecule has 0 atom stereocenters. The lowest BCUT2D eigenvalue weighted by atomic mass is 10.2. The second-order valence-electron chi connectivity index (χ2n) is 5.28. The number of nitrogens with zero attached hydrogens (tertiary/aromatic N) is 3. The summed E-state index contributed by atoms with van der Waals surface area (Å²) in [4.78, 5) is 11.4. The highest BCUT2D eigenvalue weighted by atomic mass is 16.5. The van der Waals surface area contributed by atoms with Crippen LogP contribution in [0.4, 0.5) is 11.6 Å². The number of ether oxygens (including phenoxy) is 1. The van der Waals surface area contributed by atoms with Gasteiger partial charge in [-0.15, -0.1) is 0 Å². The van der Waals surface area contributed by atoms with Gasteiger partial charge < -0.3 is 15.0 Å². The summed E-state index contributed by atoms with van der Waals surface area (Å²) in [7, 11) is 3.95. The molecule has 0 saturated carbocycles. The van der Waals surface area contributed by atoms with Gasteiger partial charge in [-0.2, -0.15) is 0 Å². The van der Waals surface area contributed by atoms with Crippen LogP contribution in [-0.4, -0.2) is 43.3 Å². The Hall–Kier alpha value is -1.36. The number of anilines is 2. The zero-order valence-corrected chi connectivity index (χ0v) is 13.7. The van der Waals surface area contributed by atoms with E-state index in [4.69, 9.17) is 4.74 Å². The van der Waals surface area contributed by atoms with E-state index in [1.807, 2.05) is 27.9 Å². The van der Waals surface area contributed by atoms with E-state index in [2.05, 4.69) is 34.0 Å². The SMILES string of the molecule is CCCc1nc(NC)c(C)c(N(C)CCOC(C)C)n1. The van der Waals surface area contributed by atoms with E-state index in [-0.39, 0.29) is 6.10 Å². The third-order valence-electron chi connectivity index (χ3n) is 3.12. The van der Waals surface area contributed by atoms with Gasteiger partial charge in [0.15, 0.2) is 0 Å². The molecule has 0 aliphatic rings. The van der Waals surface area contributed by atoms with Crippen LogP contribution >= 0.6 is 0 Å². The molecule has 20 heavy (non-hydrogen) atoms. The van der Waals surface area contributed by atoms with Crippen molar-refractivity contribution in [1.82, 2.24) is 9.97 Å². The lowest BCUT2D eigenvalue weighted by Gasteiger charge is -2.22. The van der Waals surface area contributed by atoms with E-state index < -0.39 is 0 Å². The number of rotatable bonds is 8. The van der Waals surface area contributed by atoms with Gasteiger partial charge in [-0.3, -0.25) is 0 Å². The molecule has 0 radical (unpaired) electrons. The van der Waals surface area contributed by atoms with Crippen LogP contribution in [0, 0.1) is 6.92 Å². The molecule has 1 aromatic rings. The molecule has 1 rings (SSSR count). The van der Waals surface area contributed by atoms with Crippen molar-refractivity contribution in [2.24, 2.45) is 0 Å². The summed E-state index contributed by atoms with van der Waals surface area (Å²) in [6.45, 7) is 9.82. The lowest BCUT2D eigenvalue weighted by Crippen LogP contribution is -2.26. The molecule has 0 bridgehead atoms. The summed E-state index contributed by atoms with van der Waals surface area (Å²) >= 11 is 0. The summed E-state index contributed by atoms with van der Waals surface area (Å²) in [6.07, 6.45) is 2.21. The number of aromatic nitrogens is 2. The highest BCUT2D eigenvalue weighted by Gasteiger charge is 2.13. The van der Waals surface area contributed by atoms with Crippen LogP contribution in [0.3, 0.4) is 0 Å². The van der Waals surface area contributed by atoms with Gasteiger partial charge in [0.05, 0.1) is 12.7 Å². The van der Waals surface area contributed by atoms with Gasteiger partial charge in [-0.1, -0.05) is 6.92 Å². The lowest BCUT2D eigenvalue weighted by molar-refractivity contribution is 0.0845. The van der Waals surface area contributed by atoms with Crippen LogP contribution in [0.5, 0.6) is 0 Å². The standard InChI is InChI=1S/C15H28N4O/c1-7-8-13-17-14(16-5)12(4)15(18-13)19(6)9-10-20-11(2)3/h11H,7-10H2,1-6H3,(H,16,17,18). The summed E-state index contributed by atoms with van der Waals surface area (Å²) < 4.78 is 5.61. The molecule has 1 aromatic heterocycles. The first-order valence-corrected chi connectivity index (χ1v) is 7.37. The first-order chi connectivity index (χ1) is 9.49. The maximum Gasteiger partial charge on any atom is 0.137 e. The molecule has 0 amide bonds. The molecule has 0 aromatic carbocycles. The Bertz CT molecular complexity index is 421. The quantitative estimate of drug-likeness (QED) is 0.793. The molecular formula is C15H28N4O. The highest BCUT2D eigenvalue weighted by Crippen LogP contribution is 2.22. The smallest absolute Gasteiger partial charge is 0.137 e. The fraction of sp³-hybridized carbons (Fsp3) is 0.733. The van der Waals surface area contributed by atoms with E-state index in [9.17, 15) is 0 Å². The number of hydrogen-bond donors (Lipinski definition) is 1. The normalized spacial score (nSPS) is 10.9. The second kappa shape index (κ2) is 8.04. The van der Waals surface area contributed by atoms with Gasteiger partial charge in [0, 0.05) is 32.6 Å². The van der Waals surface area contributed by atoms with Crippen molar-refractivity contribution in [3.8, 4) is 0 Å². The van der Waals surface area contributed by atoms with Crippen molar-refractivity contribution < 1.29 is 4.74 Å². The molecule has 114 valence electrons. The molecular weight excluding hydrogens is 252 g/mol. The van der Waals surface area contributed by atoms with E-state index in [1.54, 1.807) is 0 Å². The molecule has 0 spiro atoms. The number of aryl methyl sites for hydroxylation is 1. The van der Waals surface area contributed by atoms with Crippen LogP contribution in [0.2, 0.25) is 0 Å². The van der Waals surface area contributed by atoms with Crippen LogP contribution in [-0.2, 0) is 11.2 Å². The number of likely N-dealkylation sites (N-methyl/N-ethyl adjacent to an activating group) is 1. The number of nitrogens with one attached hydrogen (secondary N) is 1. The van der Waals surface area contributed by atoms with Gasteiger partial charge >= 0.3 is 0 Å². The predicted octanol–water partition coefficient (Wildman–Crippen LogP) is 2.64. The van der Waals surface area contributed by atoms with Crippen LogP contribution in [0.25, 0.3) is 0 Å². The summed E-state index contributed by atoms with van der Waals surface area (Å²) in [5, 5.41) is 3.15. The minimum atomic E-state index is 0.262. The van der Waals surface area contributed by atoms with Crippen molar-refractivity contribution in [2.45, 2.75) is 46.6 Å².